The fourth-order valence-corrected chi connectivity index (χ4v) is 6.24. The van der Waals surface area contributed by atoms with Crippen molar-refractivity contribution in [3.05, 3.63) is 69.6 Å². The van der Waals surface area contributed by atoms with Gasteiger partial charge in [-0.2, -0.15) is 0 Å². The maximum Gasteiger partial charge on any atom is 0.229 e. The quantitative estimate of drug-likeness (QED) is 0.467. The molecule has 0 amide bonds. The molecule has 192 valence electrons. The van der Waals surface area contributed by atoms with Gasteiger partial charge in [0, 0.05) is 36.1 Å². The molecule has 5 rings (SSSR count). The van der Waals surface area contributed by atoms with Crippen LogP contribution in [0.2, 0.25) is 5.02 Å². The molecule has 0 saturated carbocycles. The topological polar surface area (TPSA) is 68.2 Å². The first-order chi connectivity index (χ1) is 17.7. The first kappa shape index (κ1) is 25.6. The predicted molar refractivity (Wildman–Crippen MR) is 155 cm³/mol. The van der Waals surface area contributed by atoms with Crippen LogP contribution in [0.15, 0.2) is 53.5 Å². The van der Waals surface area contributed by atoms with Gasteiger partial charge in [-0.3, -0.25) is 4.72 Å². The maximum atomic E-state index is 11.8. The summed E-state index contributed by atoms with van der Waals surface area (Å²) in [5.41, 5.74) is 3.94. The zero-order chi connectivity index (χ0) is 26.2. The van der Waals surface area contributed by atoms with Crippen LogP contribution in [0.5, 0.6) is 0 Å². The normalized spacial score (nSPS) is 15.7. The van der Waals surface area contributed by atoms with Crippen LogP contribution in [0.4, 0.5) is 22.1 Å². The minimum atomic E-state index is -3.45. The summed E-state index contributed by atoms with van der Waals surface area (Å²) in [5.74, 6) is 7.41. The zero-order valence-electron chi connectivity index (χ0n) is 21.0. The number of anilines is 3. The molecule has 0 bridgehead atoms. The Balaban J connectivity index is 1.54. The number of hydrogen-bond donors (Lipinski definition) is 1. The Kier molecular flexibility index (Phi) is 7.19. The van der Waals surface area contributed by atoms with Crippen LogP contribution in [0.25, 0.3) is 0 Å². The molecule has 2 aliphatic rings. The molecule has 10 heteroatoms. The van der Waals surface area contributed by atoms with Crippen molar-refractivity contribution in [2.24, 2.45) is 4.99 Å². The van der Waals surface area contributed by atoms with Gasteiger partial charge in [0.1, 0.15) is 10.8 Å². The Morgan fingerprint density at radius 3 is 2.62 bits per heavy atom. The number of nitrogens with zero attached hydrogens (tertiary/aromatic N) is 4. The Hall–Kier alpha value is -3.03. The highest BCUT2D eigenvalue weighted by atomic mass is 35.5. The number of benzene rings is 2. The van der Waals surface area contributed by atoms with E-state index >= 15 is 0 Å². The van der Waals surface area contributed by atoms with Gasteiger partial charge in [0.05, 0.1) is 41.0 Å². The van der Waals surface area contributed by atoms with Crippen molar-refractivity contribution in [1.29, 1.82) is 0 Å². The number of para-hydroxylation sites is 2. The molecule has 0 aliphatic carbocycles. The minimum absolute atomic E-state index is 0.403. The van der Waals surface area contributed by atoms with E-state index < -0.39 is 10.0 Å². The Morgan fingerprint density at radius 1 is 1.11 bits per heavy atom. The lowest BCUT2D eigenvalue weighted by Gasteiger charge is -2.34. The SMILES string of the molecule is Cc1cc2c(s1)N(CC#Cc1cc(Cl)ccc1NS(C)(=O)=O)c1ccccc1N=C2N1CCN(C)CC1. The van der Waals surface area contributed by atoms with Crippen molar-refractivity contribution in [3.63, 3.8) is 0 Å². The summed E-state index contributed by atoms with van der Waals surface area (Å²) in [6.07, 6.45) is 1.12. The van der Waals surface area contributed by atoms with E-state index in [0.717, 1.165) is 60.2 Å². The third kappa shape index (κ3) is 5.78. The maximum absolute atomic E-state index is 11.8. The lowest BCUT2D eigenvalue weighted by molar-refractivity contribution is 0.216. The minimum Gasteiger partial charge on any atom is -0.353 e. The molecule has 1 saturated heterocycles. The number of aliphatic imine (C=N–C) groups is 1. The molecule has 0 unspecified atom stereocenters. The molecule has 1 N–H and O–H groups in total. The summed E-state index contributed by atoms with van der Waals surface area (Å²) in [5, 5.41) is 1.60. The standard InChI is InChI=1S/C27H28ClN5O2S2/c1-19-17-22-26(32-15-13-31(2)14-16-32)29-24-8-4-5-9-25(24)33(27(22)36-19)12-6-7-20-18-21(28)10-11-23(20)30-37(3,34)35/h4-5,8-11,17-18,30H,12-16H2,1-3H3. The molecular formula is C27H28ClN5O2S2. The molecular weight excluding hydrogens is 526 g/mol. The molecule has 1 fully saturated rings. The molecule has 0 radical (unpaired) electrons. The van der Waals surface area contributed by atoms with Gasteiger partial charge < -0.3 is 14.7 Å². The van der Waals surface area contributed by atoms with Gasteiger partial charge >= 0.3 is 0 Å². The fraction of sp³-hybridized carbons (Fsp3) is 0.296. The average Bonchev–Trinajstić information content (AvgIpc) is 3.17. The highest BCUT2D eigenvalue weighted by Crippen LogP contribution is 2.43. The van der Waals surface area contributed by atoms with Crippen molar-refractivity contribution in [1.82, 2.24) is 9.80 Å². The summed E-state index contributed by atoms with van der Waals surface area (Å²) in [6, 6.07) is 15.3. The average molecular weight is 554 g/mol. The fourth-order valence-electron chi connectivity index (χ4n) is 4.47. The number of amidine groups is 1. The van der Waals surface area contributed by atoms with Crippen LogP contribution in [-0.2, 0) is 10.0 Å². The van der Waals surface area contributed by atoms with Gasteiger partial charge in [-0.15, -0.1) is 11.3 Å². The van der Waals surface area contributed by atoms with E-state index in [1.165, 1.54) is 4.88 Å². The summed E-state index contributed by atoms with van der Waals surface area (Å²) in [7, 11) is -1.30. The molecule has 3 heterocycles. The number of nitrogens with one attached hydrogen (secondary N) is 1. The van der Waals surface area contributed by atoms with E-state index in [1.54, 1.807) is 29.5 Å². The number of likely N-dealkylation sites (N-methyl/N-ethyl adjacent to an activating group) is 1. The predicted octanol–water partition coefficient (Wildman–Crippen LogP) is 4.91. The first-order valence-corrected chi connectivity index (χ1v) is 15.0. The second-order valence-corrected chi connectivity index (χ2v) is 12.7. The molecule has 1 aromatic heterocycles. The smallest absolute Gasteiger partial charge is 0.229 e. The highest BCUT2D eigenvalue weighted by molar-refractivity contribution is 7.92. The van der Waals surface area contributed by atoms with Crippen molar-refractivity contribution in [2.75, 3.05) is 55.6 Å². The molecule has 0 spiro atoms. The van der Waals surface area contributed by atoms with Crippen LogP contribution in [0, 0.1) is 18.8 Å². The number of halogens is 1. The van der Waals surface area contributed by atoms with E-state index in [2.05, 4.69) is 57.4 Å². The second kappa shape index (κ2) is 10.4. The molecule has 2 aliphatic heterocycles. The van der Waals surface area contributed by atoms with Crippen LogP contribution in [0.3, 0.4) is 0 Å². The molecule has 7 nitrogen and oxygen atoms in total. The first-order valence-electron chi connectivity index (χ1n) is 11.9. The van der Waals surface area contributed by atoms with Crippen LogP contribution < -0.4 is 9.62 Å². The summed E-state index contributed by atoms with van der Waals surface area (Å²) >= 11 is 7.93. The zero-order valence-corrected chi connectivity index (χ0v) is 23.3. The van der Waals surface area contributed by atoms with E-state index in [0.29, 0.717) is 22.8 Å². The Morgan fingerprint density at radius 2 is 1.86 bits per heavy atom. The van der Waals surface area contributed by atoms with Gasteiger partial charge in [0.15, 0.2) is 0 Å². The Labute approximate surface area is 227 Å². The number of hydrogen-bond acceptors (Lipinski definition) is 7. The summed E-state index contributed by atoms with van der Waals surface area (Å²) in [4.78, 5) is 13.3. The van der Waals surface area contributed by atoms with Gasteiger partial charge in [-0.1, -0.05) is 35.6 Å². The number of piperazine rings is 1. The van der Waals surface area contributed by atoms with E-state index in [-0.39, 0.29) is 0 Å². The molecule has 0 atom stereocenters. The Bertz CT molecular complexity index is 1530. The van der Waals surface area contributed by atoms with E-state index in [1.807, 2.05) is 18.2 Å². The van der Waals surface area contributed by atoms with Gasteiger partial charge in [-0.25, -0.2) is 13.4 Å². The number of aryl methyl sites for hydroxylation is 1. The molecule has 37 heavy (non-hydrogen) atoms. The van der Waals surface area contributed by atoms with Gasteiger partial charge in [0.25, 0.3) is 0 Å². The summed E-state index contributed by atoms with van der Waals surface area (Å²) in [6.45, 7) is 6.37. The van der Waals surface area contributed by atoms with Crippen LogP contribution >= 0.6 is 22.9 Å². The number of fused-ring (bicyclic) bond motifs is 2. The molecule has 2 aromatic carbocycles. The van der Waals surface area contributed by atoms with E-state index in [4.69, 9.17) is 16.6 Å². The van der Waals surface area contributed by atoms with Crippen LogP contribution in [0.1, 0.15) is 16.0 Å². The van der Waals surface area contributed by atoms with Crippen molar-refractivity contribution in [2.45, 2.75) is 6.92 Å². The van der Waals surface area contributed by atoms with Crippen molar-refractivity contribution in [3.8, 4) is 11.8 Å². The van der Waals surface area contributed by atoms with E-state index in [9.17, 15) is 8.42 Å². The van der Waals surface area contributed by atoms with Crippen molar-refractivity contribution >= 4 is 60.9 Å². The third-order valence-corrected chi connectivity index (χ3v) is 8.16. The highest BCUT2D eigenvalue weighted by Gasteiger charge is 2.29. The number of sulfonamides is 1. The number of rotatable bonds is 3. The van der Waals surface area contributed by atoms with Crippen molar-refractivity contribution < 1.29 is 8.42 Å². The monoisotopic (exact) mass is 553 g/mol. The molecule has 3 aromatic rings. The lowest BCUT2D eigenvalue weighted by atomic mass is 10.2. The largest absolute Gasteiger partial charge is 0.353 e. The number of thiophene rings is 1. The second-order valence-electron chi connectivity index (χ2n) is 9.24. The van der Waals surface area contributed by atoms with Crippen LogP contribution in [-0.4, -0.2) is 70.1 Å². The van der Waals surface area contributed by atoms with Gasteiger partial charge in [0.2, 0.25) is 10.0 Å². The van der Waals surface area contributed by atoms with Gasteiger partial charge in [-0.05, 0) is 50.4 Å². The lowest BCUT2D eigenvalue weighted by Crippen LogP contribution is -2.47. The third-order valence-electron chi connectivity index (χ3n) is 6.26. The summed E-state index contributed by atoms with van der Waals surface area (Å²) < 4.78 is 26.2.